The van der Waals surface area contributed by atoms with Gasteiger partial charge in [-0.2, -0.15) is 36.5 Å². The van der Waals surface area contributed by atoms with E-state index < -0.39 is 23.5 Å². The Labute approximate surface area is 155 Å². The molecule has 0 unspecified atom stereocenters. The molecule has 0 saturated carbocycles. The molecule has 2 aromatic rings. The van der Waals surface area contributed by atoms with Gasteiger partial charge in [0.15, 0.2) is 0 Å². The van der Waals surface area contributed by atoms with Crippen molar-refractivity contribution in [2.24, 2.45) is 10.2 Å². The van der Waals surface area contributed by atoms with Crippen LogP contribution in [-0.4, -0.2) is 18.4 Å². The van der Waals surface area contributed by atoms with Gasteiger partial charge in [0.05, 0.1) is 23.6 Å². The maximum Gasteiger partial charge on any atom is 0.416 e. The molecular weight excluding hydrogens is 388 g/mol. The molecule has 11 heteroatoms. The molecule has 0 radical (unpaired) electrons. The highest BCUT2D eigenvalue weighted by molar-refractivity contribution is 5.84. The van der Waals surface area contributed by atoms with Crippen LogP contribution in [0.5, 0.6) is 0 Å². The Morgan fingerprint density at radius 3 is 1.29 bits per heavy atom. The van der Waals surface area contributed by atoms with Crippen molar-refractivity contribution in [3.05, 3.63) is 70.8 Å². The van der Waals surface area contributed by atoms with Gasteiger partial charge in [0.25, 0.3) is 0 Å². The lowest BCUT2D eigenvalue weighted by atomic mass is 10.1. The first-order valence-electron chi connectivity index (χ1n) is 7.57. The molecule has 28 heavy (non-hydrogen) atoms. The second-order valence-corrected chi connectivity index (χ2v) is 5.35. The molecule has 0 aliphatic carbocycles. The number of rotatable bonds is 4. The van der Waals surface area contributed by atoms with E-state index in [0.717, 1.165) is 24.3 Å². The molecular formula is C17H13F6N5. The maximum atomic E-state index is 12.4. The molecule has 0 saturated heterocycles. The Bertz CT molecular complexity index is 780. The van der Waals surface area contributed by atoms with E-state index in [0.29, 0.717) is 11.1 Å². The topological polar surface area (TPSA) is 72.6 Å². The van der Waals surface area contributed by atoms with Crippen LogP contribution in [0.3, 0.4) is 0 Å². The zero-order valence-electron chi connectivity index (χ0n) is 13.9. The van der Waals surface area contributed by atoms with Crippen molar-refractivity contribution in [1.29, 1.82) is 5.41 Å². The van der Waals surface area contributed by atoms with Gasteiger partial charge in [-0.25, -0.2) is 10.9 Å². The highest BCUT2D eigenvalue weighted by atomic mass is 19.4. The predicted molar refractivity (Wildman–Crippen MR) is 92.1 cm³/mol. The summed E-state index contributed by atoms with van der Waals surface area (Å²) in [4.78, 5) is 0. The molecule has 0 amide bonds. The summed E-state index contributed by atoms with van der Waals surface area (Å²) in [5.41, 5.74) is 3.67. The van der Waals surface area contributed by atoms with Crippen molar-refractivity contribution >= 4 is 18.4 Å². The number of nitrogens with zero attached hydrogens (tertiary/aromatic N) is 2. The highest BCUT2D eigenvalue weighted by Gasteiger charge is 2.30. The van der Waals surface area contributed by atoms with Crippen LogP contribution in [-0.2, 0) is 12.4 Å². The van der Waals surface area contributed by atoms with E-state index in [9.17, 15) is 26.3 Å². The van der Waals surface area contributed by atoms with Crippen molar-refractivity contribution in [2.45, 2.75) is 12.4 Å². The van der Waals surface area contributed by atoms with Crippen LogP contribution in [0.4, 0.5) is 26.3 Å². The second-order valence-electron chi connectivity index (χ2n) is 5.35. The third-order valence-corrected chi connectivity index (χ3v) is 3.26. The number of alkyl halides is 6. The summed E-state index contributed by atoms with van der Waals surface area (Å²) in [5, 5.41) is 14.8. The van der Waals surface area contributed by atoms with Gasteiger partial charge in [0.1, 0.15) is 0 Å². The molecule has 3 N–H and O–H groups in total. The largest absolute Gasteiger partial charge is 0.416 e. The number of benzene rings is 2. The van der Waals surface area contributed by atoms with Gasteiger partial charge in [-0.1, -0.05) is 24.3 Å². The van der Waals surface area contributed by atoms with E-state index in [4.69, 9.17) is 5.41 Å². The van der Waals surface area contributed by atoms with Crippen molar-refractivity contribution in [3.63, 3.8) is 0 Å². The summed E-state index contributed by atoms with van der Waals surface area (Å²) in [6.07, 6.45) is -6.44. The summed E-state index contributed by atoms with van der Waals surface area (Å²) in [7, 11) is 0. The Morgan fingerprint density at radius 1 is 0.679 bits per heavy atom. The molecule has 0 aliphatic rings. The Kier molecular flexibility index (Phi) is 6.39. The van der Waals surface area contributed by atoms with Crippen LogP contribution < -0.4 is 10.9 Å². The van der Waals surface area contributed by atoms with Crippen LogP contribution in [0, 0.1) is 5.41 Å². The quantitative estimate of drug-likeness (QED) is 0.311. The summed E-state index contributed by atoms with van der Waals surface area (Å²) in [5.74, 6) is -0.355. The highest BCUT2D eigenvalue weighted by Crippen LogP contribution is 2.29. The smallest absolute Gasteiger partial charge is 0.266 e. The molecule has 0 fully saturated rings. The van der Waals surface area contributed by atoms with Gasteiger partial charge in [0, 0.05) is 0 Å². The van der Waals surface area contributed by atoms with E-state index in [-0.39, 0.29) is 5.96 Å². The minimum Gasteiger partial charge on any atom is -0.266 e. The number of hydrogen-bond donors (Lipinski definition) is 3. The number of hydrogen-bond acceptors (Lipinski definition) is 3. The van der Waals surface area contributed by atoms with Crippen molar-refractivity contribution in [2.75, 3.05) is 0 Å². The van der Waals surface area contributed by atoms with Crippen molar-refractivity contribution < 1.29 is 26.3 Å². The Morgan fingerprint density at radius 2 is 1.00 bits per heavy atom. The Hall–Kier alpha value is -3.37. The van der Waals surface area contributed by atoms with Crippen LogP contribution in [0.2, 0.25) is 0 Å². The molecule has 0 heterocycles. The fraction of sp³-hybridized carbons (Fsp3) is 0.118. The number of nitrogens with one attached hydrogen (secondary N) is 3. The summed E-state index contributed by atoms with van der Waals surface area (Å²) in [6, 6.07) is 8.47. The first-order chi connectivity index (χ1) is 13.1. The average molecular weight is 401 g/mol. The third kappa shape index (κ3) is 6.41. The molecule has 148 valence electrons. The van der Waals surface area contributed by atoms with Crippen LogP contribution in [0.25, 0.3) is 0 Å². The number of hydrazone groups is 2. The van der Waals surface area contributed by atoms with Crippen molar-refractivity contribution in [3.8, 4) is 0 Å². The van der Waals surface area contributed by atoms with E-state index in [1.807, 2.05) is 0 Å². The van der Waals surface area contributed by atoms with E-state index >= 15 is 0 Å². The molecule has 2 aromatic carbocycles. The first kappa shape index (κ1) is 20.9. The number of guanidine groups is 1. The molecule has 2 rings (SSSR count). The summed E-state index contributed by atoms with van der Waals surface area (Å²) < 4.78 is 74.7. The Balaban J connectivity index is 1.82. The standard InChI is InChI=1S/C17H13F6N5/c18-16(19,20)13-5-1-11(2-6-13)9-25-27-15(24)28-26-10-12-3-7-14(8-4-12)17(21,22)23/h1-10H,(H3,24,27,28)/b25-9+,26-10+. The van der Waals surface area contributed by atoms with Gasteiger partial charge >= 0.3 is 12.4 Å². The van der Waals surface area contributed by atoms with Gasteiger partial charge in [-0.3, -0.25) is 5.41 Å². The van der Waals surface area contributed by atoms with Crippen molar-refractivity contribution in [1.82, 2.24) is 10.9 Å². The lowest BCUT2D eigenvalue weighted by Gasteiger charge is -2.06. The van der Waals surface area contributed by atoms with Crippen LogP contribution in [0.15, 0.2) is 58.7 Å². The zero-order chi connectivity index (χ0) is 20.8. The second kappa shape index (κ2) is 8.55. The fourth-order valence-corrected chi connectivity index (χ4v) is 1.88. The van der Waals surface area contributed by atoms with Crippen LogP contribution in [0.1, 0.15) is 22.3 Å². The third-order valence-electron chi connectivity index (χ3n) is 3.26. The van der Waals surface area contributed by atoms with E-state index in [1.165, 1.54) is 36.7 Å². The lowest BCUT2D eigenvalue weighted by molar-refractivity contribution is -0.138. The predicted octanol–water partition coefficient (Wildman–Crippen LogP) is 4.21. The van der Waals surface area contributed by atoms with Gasteiger partial charge in [0.2, 0.25) is 5.96 Å². The van der Waals surface area contributed by atoms with E-state index in [1.54, 1.807) is 0 Å². The van der Waals surface area contributed by atoms with Crippen LogP contribution >= 0.6 is 0 Å². The molecule has 0 spiro atoms. The SMILES string of the molecule is N=C(N/N=C/c1ccc(C(F)(F)F)cc1)N/N=C/c1ccc(C(F)(F)F)cc1. The van der Waals surface area contributed by atoms with Gasteiger partial charge < -0.3 is 0 Å². The average Bonchev–Trinajstić information content (AvgIpc) is 2.61. The lowest BCUT2D eigenvalue weighted by Crippen LogP contribution is -2.29. The summed E-state index contributed by atoms with van der Waals surface area (Å²) in [6.45, 7) is 0. The number of halogens is 6. The fourth-order valence-electron chi connectivity index (χ4n) is 1.88. The zero-order valence-corrected chi connectivity index (χ0v) is 13.9. The van der Waals surface area contributed by atoms with Gasteiger partial charge in [-0.05, 0) is 35.4 Å². The minimum absolute atomic E-state index is 0.355. The maximum absolute atomic E-state index is 12.4. The normalized spacial score (nSPS) is 12.5. The minimum atomic E-state index is -4.43. The molecule has 0 bridgehead atoms. The monoisotopic (exact) mass is 401 g/mol. The molecule has 5 nitrogen and oxygen atoms in total. The van der Waals surface area contributed by atoms with E-state index in [2.05, 4.69) is 21.1 Å². The molecule has 0 aliphatic heterocycles. The summed E-state index contributed by atoms with van der Waals surface area (Å²) >= 11 is 0. The first-order valence-corrected chi connectivity index (χ1v) is 7.57. The molecule has 0 aromatic heterocycles. The molecule has 0 atom stereocenters. The van der Waals surface area contributed by atoms with Gasteiger partial charge in [-0.15, -0.1) is 0 Å².